The maximum atomic E-state index is 13.0. The van der Waals surface area contributed by atoms with Gasteiger partial charge in [-0.25, -0.2) is 0 Å². The second kappa shape index (κ2) is 8.71. The van der Waals surface area contributed by atoms with E-state index in [2.05, 4.69) is 6.07 Å². The summed E-state index contributed by atoms with van der Waals surface area (Å²) in [5, 5.41) is 9.98. The second-order valence-electron chi connectivity index (χ2n) is 7.13. The third-order valence-corrected chi connectivity index (χ3v) is 5.36. The maximum absolute atomic E-state index is 13.0. The fourth-order valence-corrected chi connectivity index (χ4v) is 3.93. The lowest BCUT2D eigenvalue weighted by molar-refractivity contribution is -0.117. The van der Waals surface area contributed by atoms with Crippen molar-refractivity contribution in [3.63, 3.8) is 0 Å². The van der Waals surface area contributed by atoms with Crippen molar-refractivity contribution in [2.45, 2.75) is 25.0 Å². The van der Waals surface area contributed by atoms with E-state index in [-0.39, 0.29) is 18.2 Å². The lowest BCUT2D eigenvalue weighted by atomic mass is 9.91. The van der Waals surface area contributed by atoms with Gasteiger partial charge in [-0.05, 0) is 23.8 Å². The molecule has 5 nitrogen and oxygen atoms in total. The fourth-order valence-electron chi connectivity index (χ4n) is 3.93. The molecule has 2 atom stereocenters. The Morgan fingerprint density at radius 3 is 2.37 bits per heavy atom. The number of hydrogen-bond acceptors (Lipinski definition) is 4. The standard InChI is InChI=1S/C25H22N2O3/c1-29-24-14-8-6-12-21(24)27-22(16-26)20(15-25(27)28)19-11-5-7-13-23(19)30-17-18-9-3-2-4-10-18/h2-14,20,22H,15,17H2,1H3. The van der Waals surface area contributed by atoms with E-state index in [9.17, 15) is 10.1 Å². The van der Waals surface area contributed by atoms with E-state index in [0.717, 1.165) is 11.1 Å². The Morgan fingerprint density at radius 1 is 0.967 bits per heavy atom. The van der Waals surface area contributed by atoms with Gasteiger partial charge in [0.25, 0.3) is 0 Å². The molecule has 5 heteroatoms. The largest absolute Gasteiger partial charge is 0.495 e. The molecule has 0 spiro atoms. The van der Waals surface area contributed by atoms with E-state index >= 15 is 0 Å². The van der Waals surface area contributed by atoms with Crippen LogP contribution in [0.2, 0.25) is 0 Å². The molecule has 1 aliphatic rings. The van der Waals surface area contributed by atoms with E-state index in [1.165, 1.54) is 0 Å². The summed E-state index contributed by atoms with van der Waals surface area (Å²) in [6, 6.07) is 26.5. The molecule has 150 valence electrons. The minimum Gasteiger partial charge on any atom is -0.495 e. The molecule has 0 saturated carbocycles. The molecule has 2 unspecified atom stereocenters. The first-order valence-electron chi connectivity index (χ1n) is 9.83. The first-order valence-corrected chi connectivity index (χ1v) is 9.83. The molecular weight excluding hydrogens is 376 g/mol. The number of hydrogen-bond donors (Lipinski definition) is 0. The quantitative estimate of drug-likeness (QED) is 0.604. The first kappa shape index (κ1) is 19.5. The predicted molar refractivity (Wildman–Crippen MR) is 114 cm³/mol. The number of anilines is 1. The molecule has 0 aromatic heterocycles. The highest BCUT2D eigenvalue weighted by atomic mass is 16.5. The monoisotopic (exact) mass is 398 g/mol. The summed E-state index contributed by atoms with van der Waals surface area (Å²) in [4.78, 5) is 14.5. The van der Waals surface area contributed by atoms with Gasteiger partial charge in [0.2, 0.25) is 5.91 Å². The third-order valence-electron chi connectivity index (χ3n) is 5.36. The zero-order valence-electron chi connectivity index (χ0n) is 16.7. The van der Waals surface area contributed by atoms with Gasteiger partial charge in [0, 0.05) is 17.9 Å². The number of nitriles is 1. The molecule has 1 aliphatic heterocycles. The van der Waals surface area contributed by atoms with Crippen molar-refractivity contribution >= 4 is 11.6 Å². The molecule has 4 rings (SSSR count). The first-order chi connectivity index (χ1) is 14.7. The summed E-state index contributed by atoms with van der Waals surface area (Å²) in [6.07, 6.45) is 0.238. The van der Waals surface area contributed by atoms with Gasteiger partial charge in [-0.3, -0.25) is 9.69 Å². The van der Waals surface area contributed by atoms with E-state index < -0.39 is 6.04 Å². The van der Waals surface area contributed by atoms with Crippen molar-refractivity contribution in [1.82, 2.24) is 0 Å². The van der Waals surface area contributed by atoms with Crippen LogP contribution >= 0.6 is 0 Å². The zero-order valence-corrected chi connectivity index (χ0v) is 16.7. The molecule has 0 N–H and O–H groups in total. The second-order valence-corrected chi connectivity index (χ2v) is 7.13. The molecule has 1 saturated heterocycles. The van der Waals surface area contributed by atoms with Crippen molar-refractivity contribution in [1.29, 1.82) is 5.26 Å². The molecule has 3 aromatic rings. The van der Waals surface area contributed by atoms with Crippen LogP contribution in [0.25, 0.3) is 0 Å². The number of methoxy groups -OCH3 is 1. The molecule has 1 fully saturated rings. The smallest absolute Gasteiger partial charge is 0.228 e. The number of rotatable bonds is 6. The summed E-state index contributed by atoms with van der Waals surface area (Å²) >= 11 is 0. The number of nitrogens with zero attached hydrogens (tertiary/aromatic N) is 2. The van der Waals surface area contributed by atoms with Gasteiger partial charge >= 0.3 is 0 Å². The molecule has 1 amide bonds. The van der Waals surface area contributed by atoms with Crippen molar-refractivity contribution in [2.75, 3.05) is 12.0 Å². The van der Waals surface area contributed by atoms with Crippen molar-refractivity contribution in [3.8, 4) is 17.6 Å². The van der Waals surface area contributed by atoms with Gasteiger partial charge in [-0.2, -0.15) is 5.26 Å². The van der Waals surface area contributed by atoms with Crippen molar-refractivity contribution in [2.24, 2.45) is 0 Å². The minimum absolute atomic E-state index is 0.103. The Hall–Kier alpha value is -3.78. The van der Waals surface area contributed by atoms with E-state index in [1.807, 2.05) is 66.7 Å². The van der Waals surface area contributed by atoms with Crippen molar-refractivity contribution in [3.05, 3.63) is 90.0 Å². The van der Waals surface area contributed by atoms with Crippen LogP contribution in [0, 0.1) is 11.3 Å². The van der Waals surface area contributed by atoms with Crippen LogP contribution in [-0.2, 0) is 11.4 Å². The van der Waals surface area contributed by atoms with Crippen LogP contribution in [0.3, 0.4) is 0 Å². The van der Waals surface area contributed by atoms with Crippen LogP contribution in [0.5, 0.6) is 11.5 Å². The number of amides is 1. The Balaban J connectivity index is 1.65. The van der Waals surface area contributed by atoms with Crippen LogP contribution in [0.1, 0.15) is 23.5 Å². The van der Waals surface area contributed by atoms with Crippen LogP contribution in [0.4, 0.5) is 5.69 Å². The topological polar surface area (TPSA) is 62.6 Å². The Kier molecular flexibility index (Phi) is 5.67. The van der Waals surface area contributed by atoms with Gasteiger partial charge in [-0.15, -0.1) is 0 Å². The predicted octanol–water partition coefficient (Wildman–Crippen LogP) is 4.69. The highest BCUT2D eigenvalue weighted by Gasteiger charge is 2.43. The highest BCUT2D eigenvalue weighted by Crippen LogP contribution is 2.43. The fraction of sp³-hybridized carbons (Fsp3) is 0.200. The lowest BCUT2D eigenvalue weighted by Gasteiger charge is -2.25. The average molecular weight is 398 g/mol. The summed E-state index contributed by atoms with van der Waals surface area (Å²) in [7, 11) is 1.56. The van der Waals surface area contributed by atoms with Crippen LogP contribution in [0.15, 0.2) is 78.9 Å². The molecule has 3 aromatic carbocycles. The molecule has 0 radical (unpaired) electrons. The van der Waals surface area contributed by atoms with Crippen molar-refractivity contribution < 1.29 is 14.3 Å². The normalized spacial score (nSPS) is 18.1. The molecule has 0 aliphatic carbocycles. The number of para-hydroxylation sites is 3. The van der Waals surface area contributed by atoms with E-state index in [1.54, 1.807) is 24.1 Å². The highest BCUT2D eigenvalue weighted by molar-refractivity contribution is 5.99. The number of carbonyl (C=O) groups is 1. The Labute approximate surface area is 176 Å². The average Bonchev–Trinajstić information content (AvgIpc) is 3.14. The molecular formula is C25H22N2O3. The third kappa shape index (κ3) is 3.72. The summed E-state index contributed by atoms with van der Waals surface area (Å²) in [5.41, 5.74) is 2.54. The van der Waals surface area contributed by atoms with E-state index in [4.69, 9.17) is 9.47 Å². The van der Waals surface area contributed by atoms with Gasteiger partial charge in [-0.1, -0.05) is 60.7 Å². The number of benzene rings is 3. The van der Waals surface area contributed by atoms with Gasteiger partial charge in [0.1, 0.15) is 24.1 Å². The van der Waals surface area contributed by atoms with Gasteiger partial charge in [0.05, 0.1) is 18.9 Å². The summed E-state index contributed by atoms with van der Waals surface area (Å²) in [6.45, 7) is 0.423. The summed E-state index contributed by atoms with van der Waals surface area (Å²) < 4.78 is 11.5. The Bertz CT molecular complexity index is 1080. The molecule has 0 bridgehead atoms. The lowest BCUT2D eigenvalue weighted by Crippen LogP contribution is -2.34. The summed E-state index contributed by atoms with van der Waals surface area (Å²) in [5.74, 6) is 0.870. The maximum Gasteiger partial charge on any atom is 0.228 e. The Morgan fingerprint density at radius 2 is 1.63 bits per heavy atom. The zero-order chi connectivity index (χ0) is 20.9. The van der Waals surface area contributed by atoms with Crippen LogP contribution < -0.4 is 14.4 Å². The van der Waals surface area contributed by atoms with Gasteiger partial charge in [0.15, 0.2) is 0 Å². The minimum atomic E-state index is -0.643. The van der Waals surface area contributed by atoms with Gasteiger partial charge < -0.3 is 9.47 Å². The SMILES string of the molecule is COc1ccccc1N1C(=O)CC(c2ccccc2OCc2ccccc2)C1C#N. The number of ether oxygens (including phenoxy) is 2. The van der Waals surface area contributed by atoms with E-state index in [0.29, 0.717) is 23.8 Å². The number of carbonyl (C=O) groups excluding carboxylic acids is 1. The molecule has 30 heavy (non-hydrogen) atoms. The molecule has 1 heterocycles. The van der Waals surface area contributed by atoms with Crippen LogP contribution in [-0.4, -0.2) is 19.1 Å².